The molecule has 0 fully saturated rings. The Morgan fingerprint density at radius 2 is 1.80 bits per heavy atom. The normalized spacial score (nSPS) is 14.3. The van der Waals surface area contributed by atoms with Crippen LogP contribution in [0.15, 0.2) is 71.4 Å². The van der Waals surface area contributed by atoms with Gasteiger partial charge >= 0.3 is 0 Å². The lowest BCUT2D eigenvalue weighted by Gasteiger charge is -2.19. The Hall–Kier alpha value is -3.46. The maximum absolute atomic E-state index is 6.56. The fraction of sp³-hybridized carbons (Fsp3) is 0.185. The minimum absolute atomic E-state index is 0.135. The summed E-state index contributed by atoms with van der Waals surface area (Å²) in [6, 6.07) is 19.4. The monoisotopic (exact) mass is 391 g/mol. The second kappa shape index (κ2) is 5.79. The molecule has 3 aromatic heterocycles. The van der Waals surface area contributed by atoms with E-state index in [9.17, 15) is 0 Å². The summed E-state index contributed by atoms with van der Waals surface area (Å²) >= 11 is 0. The van der Waals surface area contributed by atoms with Gasteiger partial charge in [-0.1, -0.05) is 32.0 Å². The first kappa shape index (κ1) is 17.4. The number of nitrogens with zero attached hydrogens (tertiary/aromatic N) is 2. The average molecular weight is 391 g/mol. The smallest absolute Gasteiger partial charge is 0.216 e. The molecule has 0 N–H and O–H groups in total. The minimum Gasteiger partial charge on any atom is -0.455 e. The molecule has 146 valence electrons. The van der Waals surface area contributed by atoms with Crippen LogP contribution in [0.2, 0.25) is 0 Å². The van der Waals surface area contributed by atoms with E-state index in [0.717, 1.165) is 38.9 Å². The van der Waals surface area contributed by atoms with E-state index in [4.69, 9.17) is 9.40 Å². The third-order valence-corrected chi connectivity index (χ3v) is 6.66. The highest BCUT2D eigenvalue weighted by molar-refractivity contribution is 6.11. The van der Waals surface area contributed by atoms with Crippen molar-refractivity contribution in [1.29, 1.82) is 0 Å². The highest BCUT2D eigenvalue weighted by atomic mass is 16.3. The van der Waals surface area contributed by atoms with Crippen LogP contribution in [0.4, 0.5) is 0 Å². The SMILES string of the molecule is Cc1ccc2c(oc3cc4c(cc32)-c2cccnc2C4(C)C)c1-c1cccc[n+]1C. The second-order valence-corrected chi connectivity index (χ2v) is 8.85. The van der Waals surface area contributed by atoms with Gasteiger partial charge in [-0.3, -0.25) is 4.98 Å². The van der Waals surface area contributed by atoms with Gasteiger partial charge in [0.05, 0.1) is 11.3 Å². The Bertz CT molecular complexity index is 1490. The summed E-state index contributed by atoms with van der Waals surface area (Å²) in [4.78, 5) is 4.71. The van der Waals surface area contributed by atoms with Gasteiger partial charge in [0.25, 0.3) is 0 Å². The van der Waals surface area contributed by atoms with Crippen molar-refractivity contribution < 1.29 is 8.98 Å². The zero-order valence-corrected chi connectivity index (χ0v) is 17.7. The number of aryl methyl sites for hydroxylation is 2. The molecule has 0 unspecified atom stereocenters. The van der Waals surface area contributed by atoms with Crippen molar-refractivity contribution in [2.45, 2.75) is 26.2 Å². The Balaban J connectivity index is 1.71. The maximum atomic E-state index is 6.56. The summed E-state index contributed by atoms with van der Waals surface area (Å²) in [5, 5.41) is 2.32. The summed E-state index contributed by atoms with van der Waals surface area (Å²) in [7, 11) is 2.08. The van der Waals surface area contributed by atoms with E-state index in [1.54, 1.807) is 0 Å². The number of hydrogen-bond donors (Lipinski definition) is 0. The number of aromatic nitrogens is 2. The van der Waals surface area contributed by atoms with Crippen molar-refractivity contribution in [2.24, 2.45) is 7.05 Å². The zero-order chi connectivity index (χ0) is 20.6. The molecule has 3 nitrogen and oxygen atoms in total. The predicted octanol–water partition coefficient (Wildman–Crippen LogP) is 6.09. The molecule has 0 amide bonds. The number of fused-ring (bicyclic) bond motifs is 6. The third kappa shape index (κ3) is 2.15. The lowest BCUT2D eigenvalue weighted by atomic mass is 9.85. The van der Waals surface area contributed by atoms with Crippen molar-refractivity contribution in [2.75, 3.05) is 0 Å². The molecule has 0 aliphatic heterocycles. The zero-order valence-electron chi connectivity index (χ0n) is 17.7. The van der Waals surface area contributed by atoms with Gasteiger partial charge in [-0.2, -0.15) is 0 Å². The molecule has 0 atom stereocenters. The number of benzene rings is 2. The maximum Gasteiger partial charge on any atom is 0.216 e. The fourth-order valence-corrected chi connectivity index (χ4v) is 5.07. The van der Waals surface area contributed by atoms with Gasteiger partial charge in [-0.05, 0) is 47.9 Å². The molecule has 1 aliphatic carbocycles. The minimum atomic E-state index is -0.135. The van der Waals surface area contributed by atoms with Crippen molar-refractivity contribution in [1.82, 2.24) is 4.98 Å². The van der Waals surface area contributed by atoms with Crippen LogP contribution in [0.1, 0.15) is 30.7 Å². The first-order valence-corrected chi connectivity index (χ1v) is 10.4. The number of pyridine rings is 2. The molecule has 0 saturated heterocycles. The standard InChI is InChI=1S/C27H23N2O/c1-16-10-11-17-20-14-19-18-8-7-12-28-26(18)27(2,3)21(19)15-23(20)30-25(17)24(16)22-9-5-6-13-29(22)4/h5-15H,1-4H3/q+1. The van der Waals surface area contributed by atoms with Crippen LogP contribution in [0, 0.1) is 6.92 Å². The van der Waals surface area contributed by atoms with E-state index in [1.807, 2.05) is 12.3 Å². The Morgan fingerprint density at radius 3 is 2.63 bits per heavy atom. The average Bonchev–Trinajstić information content (AvgIpc) is 3.21. The highest BCUT2D eigenvalue weighted by Gasteiger charge is 2.37. The Labute approximate surface area is 175 Å². The van der Waals surface area contributed by atoms with Crippen molar-refractivity contribution in [3.8, 4) is 22.4 Å². The first-order valence-electron chi connectivity index (χ1n) is 10.4. The van der Waals surface area contributed by atoms with Crippen LogP contribution >= 0.6 is 0 Å². The molecule has 0 radical (unpaired) electrons. The first-order chi connectivity index (χ1) is 14.5. The summed E-state index contributed by atoms with van der Waals surface area (Å²) in [6.45, 7) is 6.65. The Morgan fingerprint density at radius 1 is 0.933 bits per heavy atom. The third-order valence-electron chi connectivity index (χ3n) is 6.66. The molecular formula is C27H23N2O+. The lowest BCUT2D eigenvalue weighted by Crippen LogP contribution is -2.30. The number of furan rings is 1. The fourth-order valence-electron chi connectivity index (χ4n) is 5.07. The molecule has 2 aromatic carbocycles. The van der Waals surface area contributed by atoms with Gasteiger partial charge in [0.1, 0.15) is 18.2 Å². The van der Waals surface area contributed by atoms with Crippen LogP contribution in [-0.4, -0.2) is 4.98 Å². The highest BCUT2D eigenvalue weighted by Crippen LogP contribution is 2.50. The summed E-state index contributed by atoms with van der Waals surface area (Å²) in [5.41, 5.74) is 10.2. The van der Waals surface area contributed by atoms with Crippen LogP contribution in [0.25, 0.3) is 44.3 Å². The van der Waals surface area contributed by atoms with E-state index >= 15 is 0 Å². The van der Waals surface area contributed by atoms with E-state index in [2.05, 4.69) is 87.1 Å². The van der Waals surface area contributed by atoms with Crippen LogP contribution in [0.5, 0.6) is 0 Å². The topological polar surface area (TPSA) is 29.9 Å². The molecular weight excluding hydrogens is 368 g/mol. The largest absolute Gasteiger partial charge is 0.455 e. The molecule has 0 spiro atoms. The summed E-state index contributed by atoms with van der Waals surface area (Å²) in [5.74, 6) is 0. The van der Waals surface area contributed by atoms with E-state index < -0.39 is 0 Å². The molecule has 0 saturated carbocycles. The van der Waals surface area contributed by atoms with Gasteiger partial charge in [0.15, 0.2) is 6.20 Å². The molecule has 6 rings (SSSR count). The molecule has 3 heterocycles. The van der Waals surface area contributed by atoms with Gasteiger partial charge in [-0.25, -0.2) is 4.57 Å². The van der Waals surface area contributed by atoms with Crippen molar-refractivity contribution >= 4 is 21.9 Å². The predicted molar refractivity (Wildman–Crippen MR) is 120 cm³/mol. The van der Waals surface area contributed by atoms with E-state index in [1.165, 1.54) is 22.3 Å². The van der Waals surface area contributed by atoms with Gasteiger partial charge in [0.2, 0.25) is 5.69 Å². The summed E-state index contributed by atoms with van der Waals surface area (Å²) in [6.07, 6.45) is 3.97. The van der Waals surface area contributed by atoms with Crippen molar-refractivity contribution in [3.63, 3.8) is 0 Å². The molecule has 5 aromatic rings. The van der Waals surface area contributed by atoms with Crippen LogP contribution in [-0.2, 0) is 12.5 Å². The molecule has 30 heavy (non-hydrogen) atoms. The molecule has 3 heteroatoms. The van der Waals surface area contributed by atoms with Crippen LogP contribution in [0.3, 0.4) is 0 Å². The quantitative estimate of drug-likeness (QED) is 0.324. The second-order valence-electron chi connectivity index (χ2n) is 8.85. The number of rotatable bonds is 1. The molecule has 0 bridgehead atoms. The number of hydrogen-bond acceptors (Lipinski definition) is 2. The van der Waals surface area contributed by atoms with Crippen molar-refractivity contribution in [3.05, 3.63) is 83.8 Å². The molecule has 1 aliphatic rings. The van der Waals surface area contributed by atoms with Crippen LogP contribution < -0.4 is 4.57 Å². The lowest BCUT2D eigenvalue weighted by molar-refractivity contribution is -0.660. The van der Waals surface area contributed by atoms with Gasteiger partial charge < -0.3 is 4.42 Å². The van der Waals surface area contributed by atoms with Gasteiger partial charge in [0, 0.05) is 40.1 Å². The van der Waals surface area contributed by atoms with Gasteiger partial charge in [-0.15, -0.1) is 0 Å². The Kier molecular flexibility index (Phi) is 3.36. The van der Waals surface area contributed by atoms with E-state index in [-0.39, 0.29) is 5.41 Å². The summed E-state index contributed by atoms with van der Waals surface area (Å²) < 4.78 is 8.71. The van der Waals surface area contributed by atoms with E-state index in [0.29, 0.717) is 0 Å².